The second-order valence-corrected chi connectivity index (χ2v) is 4.58. The van der Waals surface area contributed by atoms with Crippen LogP contribution in [0.25, 0.3) is 0 Å². The summed E-state index contributed by atoms with van der Waals surface area (Å²) in [5, 5.41) is 11.7. The molecule has 0 bridgehead atoms. The Bertz CT molecular complexity index is 318. The van der Waals surface area contributed by atoms with Crippen molar-refractivity contribution in [3.8, 4) is 0 Å². The van der Waals surface area contributed by atoms with Crippen LogP contribution in [0, 0.1) is 0 Å². The van der Waals surface area contributed by atoms with Gasteiger partial charge in [-0.3, -0.25) is 4.79 Å². The molecule has 84 valence electrons. The number of esters is 1. The molecule has 1 heterocycles. The first-order valence-electron chi connectivity index (χ1n) is 4.22. The Hall–Kier alpha value is -0.760. The molecule has 8 heteroatoms. The molecule has 0 aromatic carbocycles. The van der Waals surface area contributed by atoms with E-state index >= 15 is 0 Å². The second kappa shape index (κ2) is 6.67. The van der Waals surface area contributed by atoms with Crippen LogP contribution in [0.3, 0.4) is 0 Å². The summed E-state index contributed by atoms with van der Waals surface area (Å²) in [6.45, 7) is 0.0606. The highest BCUT2D eigenvalue weighted by Crippen LogP contribution is 2.14. The number of thioether (sulfide) groups is 2. The van der Waals surface area contributed by atoms with Gasteiger partial charge in [-0.05, 0) is 16.7 Å². The van der Waals surface area contributed by atoms with Crippen LogP contribution in [0.1, 0.15) is 0 Å². The van der Waals surface area contributed by atoms with Crippen LogP contribution < -0.4 is 0 Å². The average Bonchev–Trinajstić information content (AvgIpc) is 2.66. The quantitative estimate of drug-likeness (QED) is 0.407. The van der Waals surface area contributed by atoms with Crippen molar-refractivity contribution < 1.29 is 9.53 Å². The van der Waals surface area contributed by atoms with Crippen molar-refractivity contribution in [2.45, 2.75) is 11.7 Å². The summed E-state index contributed by atoms with van der Waals surface area (Å²) in [5.41, 5.74) is 0. The molecule has 0 aliphatic carbocycles. The van der Waals surface area contributed by atoms with E-state index in [1.807, 2.05) is 6.26 Å². The molecule has 0 saturated carbocycles. The van der Waals surface area contributed by atoms with Gasteiger partial charge in [0, 0.05) is 11.5 Å². The first-order chi connectivity index (χ1) is 7.27. The molecule has 0 radical (unpaired) electrons. The normalized spacial score (nSPS) is 10.3. The Balaban J connectivity index is 2.49. The van der Waals surface area contributed by atoms with E-state index in [9.17, 15) is 4.79 Å². The molecule has 1 aromatic heterocycles. The van der Waals surface area contributed by atoms with E-state index in [-0.39, 0.29) is 12.5 Å². The van der Waals surface area contributed by atoms with Gasteiger partial charge in [0.05, 0.1) is 7.11 Å². The summed E-state index contributed by atoms with van der Waals surface area (Å²) in [7, 11) is 1.34. The molecule has 0 aliphatic heterocycles. The number of carbonyl (C=O) groups excluding carboxylic acids is 1. The zero-order valence-corrected chi connectivity index (χ0v) is 10.2. The molecule has 0 spiro atoms. The molecule has 0 N–H and O–H groups in total. The van der Waals surface area contributed by atoms with E-state index in [1.165, 1.54) is 23.6 Å². The fourth-order valence-electron chi connectivity index (χ4n) is 0.802. The number of nitrogens with zero attached hydrogens (tertiary/aromatic N) is 4. The molecule has 0 unspecified atom stereocenters. The number of methoxy groups -OCH3 is 1. The van der Waals surface area contributed by atoms with Crippen LogP contribution in [0.5, 0.6) is 0 Å². The van der Waals surface area contributed by atoms with E-state index in [1.54, 1.807) is 11.8 Å². The number of ether oxygens (including phenoxy) is 1. The van der Waals surface area contributed by atoms with Crippen LogP contribution in [0.15, 0.2) is 5.16 Å². The highest BCUT2D eigenvalue weighted by Gasteiger charge is 2.10. The Morgan fingerprint density at radius 3 is 3.00 bits per heavy atom. The molecule has 0 aliphatic rings. The molecule has 0 amide bonds. The molecular formula is C7H12N4O2S2. The van der Waals surface area contributed by atoms with E-state index in [4.69, 9.17) is 0 Å². The molecule has 0 fully saturated rings. The maximum Gasteiger partial charge on any atom is 0.327 e. The Morgan fingerprint density at radius 1 is 1.53 bits per heavy atom. The predicted octanol–water partition coefficient (Wildman–Crippen LogP) is 0.301. The van der Waals surface area contributed by atoms with Gasteiger partial charge < -0.3 is 4.74 Å². The minimum atomic E-state index is -0.353. The summed E-state index contributed by atoms with van der Waals surface area (Å²) < 4.78 is 5.98. The second-order valence-electron chi connectivity index (χ2n) is 2.54. The standard InChI is InChI=1S/C7H12N4O2S2/c1-13-6(12)5-11-7(8-9-10-11)15-4-3-14-2/h3-5H2,1-2H3. The van der Waals surface area contributed by atoms with Crippen molar-refractivity contribution in [2.24, 2.45) is 0 Å². The Kier molecular flexibility index (Phi) is 5.48. The van der Waals surface area contributed by atoms with Gasteiger partial charge in [-0.25, -0.2) is 4.68 Å². The Morgan fingerprint density at radius 2 is 2.33 bits per heavy atom. The first-order valence-corrected chi connectivity index (χ1v) is 6.60. The molecule has 0 atom stereocenters. The molecular weight excluding hydrogens is 236 g/mol. The molecule has 1 aromatic rings. The SMILES string of the molecule is COC(=O)Cn1nnnc1SCCSC. The average molecular weight is 248 g/mol. The van der Waals surface area contributed by atoms with Crippen LogP contribution >= 0.6 is 23.5 Å². The lowest BCUT2D eigenvalue weighted by molar-refractivity contribution is -0.141. The summed E-state index contributed by atoms with van der Waals surface area (Å²) in [5.74, 6) is 1.59. The first kappa shape index (κ1) is 12.3. The molecule has 1 rings (SSSR count). The summed E-state index contributed by atoms with van der Waals surface area (Å²) in [6, 6.07) is 0. The third kappa shape index (κ3) is 4.08. The number of tetrazole rings is 1. The molecule has 0 saturated heterocycles. The van der Waals surface area contributed by atoms with Crippen molar-refractivity contribution in [1.82, 2.24) is 20.2 Å². The van der Waals surface area contributed by atoms with Gasteiger partial charge in [0.25, 0.3) is 0 Å². The minimum Gasteiger partial charge on any atom is -0.468 e. The van der Waals surface area contributed by atoms with Gasteiger partial charge >= 0.3 is 5.97 Å². The Labute approximate surface area is 96.1 Å². The summed E-state index contributed by atoms with van der Waals surface area (Å²) in [6.07, 6.45) is 2.04. The summed E-state index contributed by atoms with van der Waals surface area (Å²) >= 11 is 3.29. The third-order valence-electron chi connectivity index (χ3n) is 1.52. The van der Waals surface area contributed by atoms with Gasteiger partial charge in [0.15, 0.2) is 0 Å². The van der Waals surface area contributed by atoms with Crippen molar-refractivity contribution in [3.63, 3.8) is 0 Å². The predicted molar refractivity (Wildman–Crippen MR) is 58.9 cm³/mol. The van der Waals surface area contributed by atoms with Crippen LogP contribution in [-0.2, 0) is 16.1 Å². The lowest BCUT2D eigenvalue weighted by Gasteiger charge is -2.01. The smallest absolute Gasteiger partial charge is 0.327 e. The fraction of sp³-hybridized carbons (Fsp3) is 0.714. The third-order valence-corrected chi connectivity index (χ3v) is 3.35. The lowest BCUT2D eigenvalue weighted by Crippen LogP contribution is -2.13. The monoisotopic (exact) mass is 248 g/mol. The minimum absolute atomic E-state index is 0.0606. The molecule has 15 heavy (non-hydrogen) atoms. The topological polar surface area (TPSA) is 69.9 Å². The highest BCUT2D eigenvalue weighted by atomic mass is 32.2. The van der Waals surface area contributed by atoms with E-state index in [0.29, 0.717) is 5.16 Å². The number of hydrogen-bond donors (Lipinski definition) is 0. The van der Waals surface area contributed by atoms with Crippen molar-refractivity contribution in [2.75, 3.05) is 24.9 Å². The largest absolute Gasteiger partial charge is 0.468 e. The van der Waals surface area contributed by atoms with E-state index < -0.39 is 0 Å². The maximum atomic E-state index is 11.0. The highest BCUT2D eigenvalue weighted by molar-refractivity contribution is 8.02. The number of carbonyl (C=O) groups is 1. The van der Waals surface area contributed by atoms with Gasteiger partial charge in [0.1, 0.15) is 6.54 Å². The molecule has 6 nitrogen and oxygen atoms in total. The van der Waals surface area contributed by atoms with E-state index in [0.717, 1.165) is 11.5 Å². The van der Waals surface area contributed by atoms with Crippen molar-refractivity contribution >= 4 is 29.5 Å². The maximum absolute atomic E-state index is 11.0. The van der Waals surface area contributed by atoms with Gasteiger partial charge in [-0.2, -0.15) is 11.8 Å². The van der Waals surface area contributed by atoms with Gasteiger partial charge in [0.2, 0.25) is 5.16 Å². The van der Waals surface area contributed by atoms with E-state index in [2.05, 4.69) is 20.3 Å². The van der Waals surface area contributed by atoms with Crippen LogP contribution in [0.4, 0.5) is 0 Å². The zero-order chi connectivity index (χ0) is 11.1. The van der Waals surface area contributed by atoms with Crippen molar-refractivity contribution in [1.29, 1.82) is 0 Å². The van der Waals surface area contributed by atoms with Gasteiger partial charge in [-0.15, -0.1) is 5.10 Å². The lowest BCUT2D eigenvalue weighted by atomic mass is 10.7. The summed E-state index contributed by atoms with van der Waals surface area (Å²) in [4.78, 5) is 11.0. The van der Waals surface area contributed by atoms with Gasteiger partial charge in [-0.1, -0.05) is 11.8 Å². The van der Waals surface area contributed by atoms with Crippen LogP contribution in [0.2, 0.25) is 0 Å². The number of rotatable bonds is 6. The van der Waals surface area contributed by atoms with Crippen molar-refractivity contribution in [3.05, 3.63) is 0 Å². The number of aromatic nitrogens is 4. The fourth-order valence-corrected chi connectivity index (χ4v) is 2.33. The number of hydrogen-bond acceptors (Lipinski definition) is 7. The van der Waals surface area contributed by atoms with Crippen LogP contribution in [-0.4, -0.2) is 51.0 Å². The zero-order valence-electron chi connectivity index (χ0n) is 8.54.